The van der Waals surface area contributed by atoms with Gasteiger partial charge >= 0.3 is 5.97 Å². The van der Waals surface area contributed by atoms with Gasteiger partial charge in [0.25, 0.3) is 0 Å². The van der Waals surface area contributed by atoms with Crippen molar-refractivity contribution in [2.45, 2.75) is 26.2 Å². The van der Waals surface area contributed by atoms with E-state index < -0.39 is 0 Å². The normalized spacial score (nSPS) is 18.4. The Morgan fingerprint density at radius 3 is 2.52 bits per heavy atom. The lowest BCUT2D eigenvalue weighted by molar-refractivity contribution is 0.0601. The van der Waals surface area contributed by atoms with Crippen LogP contribution in [0.1, 0.15) is 34.1 Å². The van der Waals surface area contributed by atoms with Crippen LogP contribution in [0.3, 0.4) is 0 Å². The Morgan fingerprint density at radius 2 is 1.87 bits per heavy atom. The van der Waals surface area contributed by atoms with Crippen molar-refractivity contribution in [1.29, 1.82) is 0 Å². The maximum Gasteiger partial charge on any atom is 0.341 e. The molecule has 8 heteroatoms. The molecule has 0 radical (unpaired) electrons. The van der Waals surface area contributed by atoms with Crippen molar-refractivity contribution >= 4 is 45.3 Å². The second kappa shape index (κ2) is 9.44. The highest BCUT2D eigenvalue weighted by Gasteiger charge is 2.29. The molecular weight excluding hydrogens is 430 g/mol. The number of carbonyl (C=O) groups is 1. The molecule has 2 heterocycles. The molecule has 4 rings (SSSR count). The first-order valence-corrected chi connectivity index (χ1v) is 11.9. The van der Waals surface area contributed by atoms with Crippen LogP contribution in [0.25, 0.3) is 0 Å². The van der Waals surface area contributed by atoms with Crippen LogP contribution in [0.15, 0.2) is 24.3 Å². The van der Waals surface area contributed by atoms with Crippen LogP contribution < -0.4 is 15.0 Å². The predicted molar refractivity (Wildman–Crippen MR) is 130 cm³/mol. The highest BCUT2D eigenvalue weighted by Crippen LogP contribution is 2.40. The molecule has 1 atom stereocenters. The van der Waals surface area contributed by atoms with Gasteiger partial charge in [0.15, 0.2) is 5.11 Å². The van der Waals surface area contributed by atoms with Gasteiger partial charge in [-0.25, -0.2) is 4.79 Å². The van der Waals surface area contributed by atoms with Gasteiger partial charge in [-0.1, -0.05) is 6.92 Å². The number of esters is 1. The third-order valence-corrected chi connectivity index (χ3v) is 7.66. The molecule has 1 fully saturated rings. The number of nitrogens with zero attached hydrogens (tertiary/aromatic N) is 2. The fraction of sp³-hybridized carbons (Fsp3) is 0.478. The van der Waals surface area contributed by atoms with Crippen molar-refractivity contribution in [2.75, 3.05) is 50.6 Å². The summed E-state index contributed by atoms with van der Waals surface area (Å²) in [7, 11) is 3.12. The number of benzene rings is 1. The molecule has 1 aliphatic heterocycles. The molecule has 2 aliphatic rings. The molecule has 1 aliphatic carbocycles. The molecule has 1 saturated heterocycles. The number of ether oxygens (including phenoxy) is 2. The summed E-state index contributed by atoms with van der Waals surface area (Å²) in [5, 5.41) is 4.88. The summed E-state index contributed by atoms with van der Waals surface area (Å²) >= 11 is 7.38. The molecule has 1 unspecified atom stereocenters. The van der Waals surface area contributed by atoms with E-state index in [2.05, 4.69) is 34.2 Å². The van der Waals surface area contributed by atoms with Gasteiger partial charge in [-0.2, -0.15) is 0 Å². The highest BCUT2D eigenvalue weighted by molar-refractivity contribution is 7.80. The monoisotopic (exact) mass is 459 g/mol. The van der Waals surface area contributed by atoms with Crippen LogP contribution in [0.2, 0.25) is 0 Å². The number of piperazine rings is 1. The van der Waals surface area contributed by atoms with E-state index in [1.165, 1.54) is 17.7 Å². The summed E-state index contributed by atoms with van der Waals surface area (Å²) in [6, 6.07) is 8.15. The quantitative estimate of drug-likeness (QED) is 0.544. The van der Waals surface area contributed by atoms with Gasteiger partial charge in [-0.05, 0) is 67.2 Å². The molecule has 2 aromatic rings. The lowest BCUT2D eigenvalue weighted by Gasteiger charge is -2.37. The number of thiophene rings is 1. The number of nitrogens with one attached hydrogen (secondary N) is 1. The average molecular weight is 460 g/mol. The average Bonchev–Trinajstić information content (AvgIpc) is 3.15. The second-order valence-corrected chi connectivity index (χ2v) is 9.64. The maximum absolute atomic E-state index is 12.5. The van der Waals surface area contributed by atoms with Gasteiger partial charge in [-0.3, -0.25) is 0 Å². The van der Waals surface area contributed by atoms with Crippen LogP contribution in [-0.4, -0.2) is 56.4 Å². The van der Waals surface area contributed by atoms with Crippen LogP contribution in [0, 0.1) is 5.92 Å². The number of hydrogen-bond donors (Lipinski definition) is 1. The van der Waals surface area contributed by atoms with E-state index in [1.54, 1.807) is 18.4 Å². The molecule has 1 N–H and O–H groups in total. The van der Waals surface area contributed by atoms with Crippen molar-refractivity contribution in [2.24, 2.45) is 5.92 Å². The van der Waals surface area contributed by atoms with Crippen molar-refractivity contribution < 1.29 is 14.3 Å². The van der Waals surface area contributed by atoms with Crippen LogP contribution in [0.5, 0.6) is 5.75 Å². The topological polar surface area (TPSA) is 54.0 Å². The Kier molecular flexibility index (Phi) is 6.67. The van der Waals surface area contributed by atoms with Gasteiger partial charge in [0.1, 0.15) is 10.8 Å². The Balaban J connectivity index is 1.42. The van der Waals surface area contributed by atoms with Gasteiger partial charge in [0.2, 0.25) is 0 Å². The minimum Gasteiger partial charge on any atom is -0.497 e. The minimum atomic E-state index is -0.276. The summed E-state index contributed by atoms with van der Waals surface area (Å²) in [6.45, 7) is 5.69. The van der Waals surface area contributed by atoms with E-state index in [-0.39, 0.29) is 5.97 Å². The number of methoxy groups -OCH3 is 2. The van der Waals surface area contributed by atoms with Crippen LogP contribution >= 0.6 is 23.6 Å². The van der Waals surface area contributed by atoms with Gasteiger partial charge < -0.3 is 24.6 Å². The fourth-order valence-corrected chi connectivity index (χ4v) is 6.04. The maximum atomic E-state index is 12.5. The van der Waals surface area contributed by atoms with Gasteiger partial charge in [-0.15, -0.1) is 11.3 Å². The lowest BCUT2D eigenvalue weighted by Crippen LogP contribution is -2.50. The first-order chi connectivity index (χ1) is 15.0. The first-order valence-electron chi connectivity index (χ1n) is 10.7. The van der Waals surface area contributed by atoms with Gasteiger partial charge in [0.05, 0.1) is 19.8 Å². The molecule has 0 saturated carbocycles. The zero-order valence-corrected chi connectivity index (χ0v) is 19.9. The number of hydrogen-bond acceptors (Lipinski definition) is 6. The molecule has 0 bridgehead atoms. The molecule has 0 spiro atoms. The third-order valence-electron chi connectivity index (χ3n) is 6.13. The zero-order chi connectivity index (χ0) is 22.0. The smallest absolute Gasteiger partial charge is 0.341 e. The number of fused-ring (bicyclic) bond motifs is 1. The van der Waals surface area contributed by atoms with E-state index in [1.807, 2.05) is 12.1 Å². The molecule has 1 aromatic heterocycles. The molecule has 166 valence electrons. The summed E-state index contributed by atoms with van der Waals surface area (Å²) in [6.07, 6.45) is 3.04. The number of thiocarbonyl (C=S) groups is 1. The lowest BCUT2D eigenvalue weighted by atomic mass is 9.88. The van der Waals surface area contributed by atoms with E-state index >= 15 is 0 Å². The van der Waals surface area contributed by atoms with Crippen molar-refractivity contribution in [3.63, 3.8) is 0 Å². The minimum absolute atomic E-state index is 0.276. The number of anilines is 2. The van der Waals surface area contributed by atoms with Crippen molar-refractivity contribution in [3.8, 4) is 5.75 Å². The zero-order valence-electron chi connectivity index (χ0n) is 18.3. The van der Waals surface area contributed by atoms with Gasteiger partial charge in [0, 0.05) is 36.7 Å². The van der Waals surface area contributed by atoms with E-state index in [0.717, 1.165) is 61.8 Å². The van der Waals surface area contributed by atoms with E-state index in [9.17, 15) is 4.79 Å². The first kappa shape index (κ1) is 21.9. The van der Waals surface area contributed by atoms with E-state index in [0.29, 0.717) is 16.6 Å². The summed E-state index contributed by atoms with van der Waals surface area (Å²) < 4.78 is 10.3. The fourth-order valence-electron chi connectivity index (χ4n) is 4.29. The third kappa shape index (κ3) is 4.65. The Bertz CT molecular complexity index is 950. The SMILES string of the molecule is COC(=O)c1c(NC(=S)N2CCN(c3ccc(OC)cc3)CC2)sc2c1CCC(C)C2. The molecule has 6 nitrogen and oxygen atoms in total. The van der Waals surface area contributed by atoms with Crippen LogP contribution in [0.4, 0.5) is 10.7 Å². The van der Waals surface area contributed by atoms with Crippen molar-refractivity contribution in [1.82, 2.24) is 4.90 Å². The highest BCUT2D eigenvalue weighted by atomic mass is 32.1. The predicted octanol–water partition coefficient (Wildman–Crippen LogP) is 4.19. The van der Waals surface area contributed by atoms with E-state index in [4.69, 9.17) is 21.7 Å². The summed E-state index contributed by atoms with van der Waals surface area (Å²) in [4.78, 5) is 18.3. The van der Waals surface area contributed by atoms with Crippen LogP contribution in [-0.2, 0) is 17.6 Å². The van der Waals surface area contributed by atoms with Crippen molar-refractivity contribution in [3.05, 3.63) is 40.3 Å². The molecule has 0 amide bonds. The summed E-state index contributed by atoms with van der Waals surface area (Å²) in [5.41, 5.74) is 3.01. The molecule has 1 aromatic carbocycles. The Labute approximate surface area is 193 Å². The Morgan fingerprint density at radius 1 is 1.16 bits per heavy atom. The standard InChI is InChI=1S/C23H29N3O3S2/c1-15-4-9-18-19(14-15)31-21(20(18)22(27)29-3)24-23(30)26-12-10-25(11-13-26)16-5-7-17(28-2)8-6-16/h5-8,15H,4,9-14H2,1-3H3,(H,24,30). The molecule has 31 heavy (non-hydrogen) atoms. The second-order valence-electron chi connectivity index (χ2n) is 8.15. The number of carbonyl (C=O) groups excluding carboxylic acids is 1. The number of rotatable bonds is 4. The molecular formula is C23H29N3O3S2. The largest absolute Gasteiger partial charge is 0.497 e. The summed E-state index contributed by atoms with van der Waals surface area (Å²) in [5.74, 6) is 1.23. The Hall–Kier alpha value is -2.32.